The van der Waals surface area contributed by atoms with Crippen molar-refractivity contribution < 1.29 is 4.74 Å². The quantitative estimate of drug-likeness (QED) is 0.814. The van der Waals surface area contributed by atoms with Crippen molar-refractivity contribution >= 4 is 15.9 Å². The molecule has 0 radical (unpaired) electrons. The van der Waals surface area contributed by atoms with Crippen molar-refractivity contribution in [3.8, 4) is 5.75 Å². The van der Waals surface area contributed by atoms with Gasteiger partial charge in [0.15, 0.2) is 0 Å². The molecule has 2 saturated carbocycles. The van der Waals surface area contributed by atoms with Crippen molar-refractivity contribution in [2.24, 2.45) is 5.41 Å². The molecule has 2 fully saturated rings. The molecule has 3 rings (SSSR count). The number of benzene rings is 1. The molecule has 1 N–H and O–H groups in total. The van der Waals surface area contributed by atoms with E-state index < -0.39 is 0 Å². The van der Waals surface area contributed by atoms with Gasteiger partial charge in [-0.25, -0.2) is 0 Å². The first-order valence-corrected chi connectivity index (χ1v) is 8.17. The fraction of sp³-hybridized carbons (Fsp3) is 0.625. The molecule has 0 heterocycles. The van der Waals surface area contributed by atoms with E-state index >= 15 is 0 Å². The van der Waals surface area contributed by atoms with Gasteiger partial charge in [0.05, 0.1) is 6.61 Å². The summed E-state index contributed by atoms with van der Waals surface area (Å²) in [6.07, 6.45) is 8.08. The molecule has 3 heteroatoms. The van der Waals surface area contributed by atoms with Crippen molar-refractivity contribution in [3.63, 3.8) is 0 Å². The van der Waals surface area contributed by atoms with Crippen LogP contribution in [0.4, 0.5) is 0 Å². The lowest BCUT2D eigenvalue weighted by atomic mass is 9.66. The highest BCUT2D eigenvalue weighted by Crippen LogP contribution is 2.44. The molecule has 0 unspecified atom stereocenters. The Hall–Kier alpha value is -0.540. The largest absolute Gasteiger partial charge is 0.494 e. The number of hydrogen-bond donors (Lipinski definition) is 1. The molecule has 0 aromatic heterocycles. The fourth-order valence-electron chi connectivity index (χ4n) is 2.76. The molecule has 19 heavy (non-hydrogen) atoms. The molecule has 0 aliphatic heterocycles. The molecule has 1 aromatic carbocycles. The zero-order valence-corrected chi connectivity index (χ0v) is 12.9. The lowest BCUT2D eigenvalue weighted by Gasteiger charge is -2.42. The van der Waals surface area contributed by atoms with Crippen LogP contribution in [0.3, 0.4) is 0 Å². The summed E-state index contributed by atoms with van der Waals surface area (Å²) in [6.45, 7) is 2.04. The van der Waals surface area contributed by atoms with Gasteiger partial charge < -0.3 is 10.1 Å². The van der Waals surface area contributed by atoms with Crippen LogP contribution in [-0.4, -0.2) is 19.2 Å². The molecule has 1 aromatic rings. The molecule has 0 amide bonds. The van der Waals surface area contributed by atoms with Gasteiger partial charge in [-0.05, 0) is 61.8 Å². The lowest BCUT2D eigenvalue weighted by Crippen LogP contribution is -2.41. The van der Waals surface area contributed by atoms with E-state index in [0.717, 1.165) is 22.9 Å². The minimum Gasteiger partial charge on any atom is -0.494 e. The number of nitrogens with one attached hydrogen (secondary N) is 1. The molecule has 0 spiro atoms. The van der Waals surface area contributed by atoms with E-state index in [1.807, 2.05) is 24.3 Å². The Morgan fingerprint density at radius 1 is 1.21 bits per heavy atom. The number of rotatable bonds is 7. The molecule has 0 saturated heterocycles. The maximum absolute atomic E-state index is 5.87. The van der Waals surface area contributed by atoms with Gasteiger partial charge in [0.2, 0.25) is 0 Å². The van der Waals surface area contributed by atoms with E-state index in [9.17, 15) is 0 Å². The van der Waals surface area contributed by atoms with Gasteiger partial charge >= 0.3 is 0 Å². The molecule has 104 valence electrons. The highest BCUT2D eigenvalue weighted by atomic mass is 79.9. The standard InChI is InChI=1S/C16H22BrNO/c17-13-2-6-15(7-3-13)19-11-10-16(8-1-9-16)12-18-14-4-5-14/h2-3,6-7,14,18H,1,4-5,8-12H2. The second-order valence-corrected chi connectivity index (χ2v) is 6.98. The average Bonchev–Trinajstić information content (AvgIpc) is 3.18. The monoisotopic (exact) mass is 323 g/mol. The van der Waals surface area contributed by atoms with Crippen LogP contribution in [0.15, 0.2) is 28.7 Å². The van der Waals surface area contributed by atoms with E-state index in [0.29, 0.717) is 5.41 Å². The molecular weight excluding hydrogens is 302 g/mol. The third kappa shape index (κ3) is 3.73. The minimum atomic E-state index is 0.526. The van der Waals surface area contributed by atoms with E-state index in [2.05, 4.69) is 21.2 Å². The second kappa shape index (κ2) is 5.84. The third-order valence-corrected chi connectivity index (χ3v) is 5.00. The summed E-state index contributed by atoms with van der Waals surface area (Å²) in [5, 5.41) is 3.69. The average molecular weight is 324 g/mol. The summed E-state index contributed by atoms with van der Waals surface area (Å²) in [6, 6.07) is 8.94. The van der Waals surface area contributed by atoms with E-state index in [1.165, 1.54) is 45.1 Å². The summed E-state index contributed by atoms with van der Waals surface area (Å²) in [7, 11) is 0. The van der Waals surface area contributed by atoms with E-state index in [1.54, 1.807) is 0 Å². The highest BCUT2D eigenvalue weighted by Gasteiger charge is 2.37. The molecule has 2 aliphatic rings. The highest BCUT2D eigenvalue weighted by molar-refractivity contribution is 9.10. The Labute approximate surface area is 124 Å². The molecule has 0 bridgehead atoms. The first-order valence-electron chi connectivity index (χ1n) is 7.38. The molecule has 2 aliphatic carbocycles. The van der Waals surface area contributed by atoms with E-state index in [4.69, 9.17) is 4.74 Å². The summed E-state index contributed by atoms with van der Waals surface area (Å²) < 4.78 is 6.97. The topological polar surface area (TPSA) is 21.3 Å². The number of halogens is 1. The summed E-state index contributed by atoms with van der Waals surface area (Å²) in [4.78, 5) is 0. The Bertz CT molecular complexity index is 409. The Morgan fingerprint density at radius 2 is 1.95 bits per heavy atom. The summed E-state index contributed by atoms with van der Waals surface area (Å²) in [5.41, 5.74) is 0.526. The van der Waals surface area contributed by atoms with Crippen LogP contribution in [0.2, 0.25) is 0 Å². The van der Waals surface area contributed by atoms with Crippen molar-refractivity contribution in [2.75, 3.05) is 13.2 Å². The maximum Gasteiger partial charge on any atom is 0.119 e. The second-order valence-electron chi connectivity index (χ2n) is 6.06. The van der Waals surface area contributed by atoms with E-state index in [-0.39, 0.29) is 0 Å². The van der Waals surface area contributed by atoms with Gasteiger partial charge in [-0.2, -0.15) is 0 Å². The predicted octanol–water partition coefficient (Wildman–Crippen LogP) is 4.14. The van der Waals surface area contributed by atoms with Gasteiger partial charge in [-0.15, -0.1) is 0 Å². The smallest absolute Gasteiger partial charge is 0.119 e. The predicted molar refractivity (Wildman–Crippen MR) is 81.6 cm³/mol. The Balaban J connectivity index is 1.43. The summed E-state index contributed by atoms with van der Waals surface area (Å²) >= 11 is 3.44. The van der Waals surface area contributed by atoms with Gasteiger partial charge in [0, 0.05) is 17.1 Å². The Morgan fingerprint density at radius 3 is 2.53 bits per heavy atom. The Kier molecular flexibility index (Phi) is 4.13. The maximum atomic E-state index is 5.87. The first-order chi connectivity index (χ1) is 9.26. The summed E-state index contributed by atoms with van der Waals surface area (Å²) in [5.74, 6) is 0.979. The number of hydrogen-bond acceptors (Lipinski definition) is 2. The van der Waals surface area contributed by atoms with Crippen LogP contribution in [0.5, 0.6) is 5.75 Å². The minimum absolute atomic E-state index is 0.526. The lowest BCUT2D eigenvalue weighted by molar-refractivity contribution is 0.0916. The van der Waals surface area contributed by atoms with Crippen molar-refractivity contribution in [3.05, 3.63) is 28.7 Å². The third-order valence-electron chi connectivity index (χ3n) is 4.47. The van der Waals surface area contributed by atoms with Gasteiger partial charge in [0.25, 0.3) is 0 Å². The SMILES string of the molecule is Brc1ccc(OCCC2(CNC3CC3)CCC2)cc1. The molecular formula is C16H22BrNO. The fourth-order valence-corrected chi connectivity index (χ4v) is 3.02. The van der Waals surface area contributed by atoms with Crippen LogP contribution in [0, 0.1) is 5.41 Å². The molecule has 0 atom stereocenters. The van der Waals surface area contributed by atoms with Crippen molar-refractivity contribution in [1.29, 1.82) is 0 Å². The van der Waals surface area contributed by atoms with Crippen LogP contribution in [0.25, 0.3) is 0 Å². The van der Waals surface area contributed by atoms with Crippen LogP contribution >= 0.6 is 15.9 Å². The molecule has 2 nitrogen and oxygen atoms in total. The number of ether oxygens (including phenoxy) is 1. The van der Waals surface area contributed by atoms with Crippen LogP contribution in [0.1, 0.15) is 38.5 Å². The van der Waals surface area contributed by atoms with Gasteiger partial charge in [-0.1, -0.05) is 22.4 Å². The zero-order valence-electron chi connectivity index (χ0n) is 11.3. The van der Waals surface area contributed by atoms with Gasteiger partial charge in [0.1, 0.15) is 5.75 Å². The van der Waals surface area contributed by atoms with Crippen molar-refractivity contribution in [1.82, 2.24) is 5.32 Å². The van der Waals surface area contributed by atoms with Gasteiger partial charge in [-0.3, -0.25) is 0 Å². The first kappa shape index (κ1) is 13.4. The zero-order chi connectivity index (χ0) is 13.1. The van der Waals surface area contributed by atoms with Crippen LogP contribution < -0.4 is 10.1 Å². The van der Waals surface area contributed by atoms with Crippen LogP contribution in [-0.2, 0) is 0 Å². The normalized spacial score (nSPS) is 20.9. The van der Waals surface area contributed by atoms with Crippen molar-refractivity contribution in [2.45, 2.75) is 44.6 Å².